The summed E-state index contributed by atoms with van der Waals surface area (Å²) >= 11 is 7.20. The van der Waals surface area contributed by atoms with Gasteiger partial charge in [0.25, 0.3) is 11.2 Å². The van der Waals surface area contributed by atoms with Crippen molar-refractivity contribution in [2.24, 2.45) is 4.99 Å². The molecule has 7 nitrogen and oxygen atoms in total. The lowest BCUT2D eigenvalue weighted by atomic mass is 9.83. The van der Waals surface area contributed by atoms with E-state index in [0.717, 1.165) is 35.2 Å². The first kappa shape index (κ1) is 25.4. The highest BCUT2D eigenvalue weighted by molar-refractivity contribution is 7.07. The zero-order valence-corrected chi connectivity index (χ0v) is 22.8. The summed E-state index contributed by atoms with van der Waals surface area (Å²) in [5.41, 5.74) is 4.77. The third-order valence-corrected chi connectivity index (χ3v) is 8.60. The Morgan fingerprint density at radius 3 is 2.66 bits per heavy atom. The summed E-state index contributed by atoms with van der Waals surface area (Å²) < 4.78 is 21.9. The van der Waals surface area contributed by atoms with E-state index < -0.39 is 11.0 Å². The van der Waals surface area contributed by atoms with Crippen LogP contribution in [-0.2, 0) is 6.42 Å². The monoisotopic (exact) mass is 583 g/mol. The summed E-state index contributed by atoms with van der Waals surface area (Å²) in [6.45, 7) is 0. The quantitative estimate of drug-likeness (QED) is 0.184. The second-order valence-electron chi connectivity index (χ2n) is 9.79. The highest BCUT2D eigenvalue weighted by Crippen LogP contribution is 2.41. The predicted molar refractivity (Wildman–Crippen MR) is 155 cm³/mol. The van der Waals surface area contributed by atoms with Gasteiger partial charge in [0.05, 0.1) is 26.8 Å². The lowest BCUT2D eigenvalue weighted by Gasteiger charge is -2.30. The van der Waals surface area contributed by atoms with Gasteiger partial charge >= 0.3 is 0 Å². The molecule has 202 valence electrons. The molecule has 41 heavy (non-hydrogen) atoms. The van der Waals surface area contributed by atoms with Crippen LogP contribution in [0.1, 0.15) is 34.9 Å². The smallest absolute Gasteiger partial charge is 0.281 e. The number of nitro benzene ring substituents is 1. The van der Waals surface area contributed by atoms with Gasteiger partial charge in [-0.1, -0.05) is 59.3 Å². The fourth-order valence-electron chi connectivity index (χ4n) is 5.54. The van der Waals surface area contributed by atoms with Gasteiger partial charge in [-0.3, -0.25) is 19.5 Å². The fraction of sp³-hybridized carbons (Fsp3) is 0.0968. The fourth-order valence-corrected chi connectivity index (χ4v) is 6.68. The van der Waals surface area contributed by atoms with Crippen molar-refractivity contribution in [1.29, 1.82) is 0 Å². The van der Waals surface area contributed by atoms with E-state index >= 15 is 0 Å². The Hall–Kier alpha value is -4.60. The van der Waals surface area contributed by atoms with Gasteiger partial charge in [0.2, 0.25) is 0 Å². The van der Waals surface area contributed by atoms with Crippen LogP contribution in [0.4, 0.5) is 10.1 Å². The molecule has 0 saturated carbocycles. The number of allylic oxidation sites excluding steroid dienone is 1. The molecule has 0 bridgehead atoms. The van der Waals surface area contributed by atoms with E-state index in [1.807, 2.05) is 18.2 Å². The minimum Gasteiger partial charge on any atom is -0.456 e. The van der Waals surface area contributed by atoms with Crippen molar-refractivity contribution in [3.8, 4) is 11.3 Å². The zero-order valence-electron chi connectivity index (χ0n) is 21.2. The molecule has 0 radical (unpaired) electrons. The summed E-state index contributed by atoms with van der Waals surface area (Å²) in [5, 5.41) is 11.8. The second-order valence-corrected chi connectivity index (χ2v) is 11.2. The van der Waals surface area contributed by atoms with Gasteiger partial charge in [-0.05, 0) is 65.9 Å². The van der Waals surface area contributed by atoms with Crippen molar-refractivity contribution in [3.63, 3.8) is 0 Å². The van der Waals surface area contributed by atoms with Crippen molar-refractivity contribution >= 4 is 40.4 Å². The van der Waals surface area contributed by atoms with Gasteiger partial charge in [-0.2, -0.15) is 0 Å². The Bertz CT molecular complexity index is 2090. The first-order chi connectivity index (χ1) is 19.9. The molecule has 7 rings (SSSR count). The van der Waals surface area contributed by atoms with E-state index in [1.54, 1.807) is 41.0 Å². The summed E-state index contributed by atoms with van der Waals surface area (Å²) in [4.78, 5) is 30.4. The lowest BCUT2D eigenvalue weighted by molar-refractivity contribution is -0.384. The number of rotatable bonds is 4. The summed E-state index contributed by atoms with van der Waals surface area (Å²) in [7, 11) is 0. The van der Waals surface area contributed by atoms with E-state index in [2.05, 4.69) is 6.07 Å². The number of fused-ring (bicyclic) bond motifs is 3. The van der Waals surface area contributed by atoms with Crippen LogP contribution < -0.4 is 14.9 Å². The minimum absolute atomic E-state index is 0.178. The molecule has 3 aromatic carbocycles. The normalized spacial score (nSPS) is 16.1. The SMILES string of the molecule is O=c1/c(=C\c2ccc(-c3ccc(Cl)cc3[N+](=O)[O-])o2)sc2n1[C@H](c1ccc(F)cc1)C1=C(N=2)c2ccccc2CC1. The van der Waals surface area contributed by atoms with Crippen LogP contribution in [0, 0.1) is 15.9 Å². The largest absolute Gasteiger partial charge is 0.456 e. The van der Waals surface area contributed by atoms with Crippen LogP contribution in [0.15, 0.2) is 98.6 Å². The molecule has 2 aromatic heterocycles. The molecule has 10 heteroatoms. The number of aromatic nitrogens is 1. The van der Waals surface area contributed by atoms with E-state index in [9.17, 15) is 19.3 Å². The van der Waals surface area contributed by atoms with Gasteiger partial charge in [-0.15, -0.1) is 0 Å². The molecule has 2 aliphatic rings. The van der Waals surface area contributed by atoms with Gasteiger partial charge in [0.15, 0.2) is 4.80 Å². The molecule has 1 atom stereocenters. The number of thiazole rings is 1. The summed E-state index contributed by atoms with van der Waals surface area (Å²) in [6, 6.07) is 21.6. The Morgan fingerprint density at radius 2 is 1.85 bits per heavy atom. The highest BCUT2D eigenvalue weighted by atomic mass is 35.5. The topological polar surface area (TPSA) is 90.6 Å². The molecule has 0 fully saturated rings. The molecule has 0 N–H and O–H groups in total. The van der Waals surface area contributed by atoms with Crippen molar-refractivity contribution in [2.75, 3.05) is 0 Å². The number of aryl methyl sites for hydroxylation is 1. The predicted octanol–water partition coefficient (Wildman–Crippen LogP) is 6.28. The van der Waals surface area contributed by atoms with Crippen molar-refractivity contribution in [1.82, 2.24) is 4.57 Å². The van der Waals surface area contributed by atoms with Gasteiger partial charge in [-0.25, -0.2) is 9.38 Å². The van der Waals surface area contributed by atoms with E-state index in [0.29, 0.717) is 15.1 Å². The number of furan rings is 1. The maximum absolute atomic E-state index is 13.9. The van der Waals surface area contributed by atoms with Crippen LogP contribution in [0.5, 0.6) is 0 Å². The molecule has 0 amide bonds. The van der Waals surface area contributed by atoms with Crippen molar-refractivity contribution in [3.05, 3.63) is 148 Å². The van der Waals surface area contributed by atoms with Gasteiger partial charge < -0.3 is 4.42 Å². The first-order valence-electron chi connectivity index (χ1n) is 12.8. The van der Waals surface area contributed by atoms with Crippen molar-refractivity contribution < 1.29 is 13.7 Å². The number of hydrogen-bond donors (Lipinski definition) is 0. The Morgan fingerprint density at radius 1 is 1.05 bits per heavy atom. The standard InChI is InChI=1S/C31H19ClFN3O4S/c32-19-8-13-23(25(15-19)36(38)39)26-14-11-21(40-26)16-27-30(37)35-29(18-5-9-20(33)10-6-18)24-12-7-17-3-1-2-4-22(17)28(24)34-31(35)41-27/h1-6,8-11,13-16,29H,7,12H2/b27-16+/t29-/m1/s1. The zero-order chi connectivity index (χ0) is 28.2. The molecule has 0 unspecified atom stereocenters. The number of hydrogen-bond acceptors (Lipinski definition) is 6. The summed E-state index contributed by atoms with van der Waals surface area (Å²) in [5.74, 6) is 0.296. The molecule has 0 spiro atoms. The van der Waals surface area contributed by atoms with Crippen LogP contribution in [0.3, 0.4) is 0 Å². The van der Waals surface area contributed by atoms with E-state index in [-0.39, 0.29) is 33.4 Å². The highest BCUT2D eigenvalue weighted by Gasteiger charge is 2.32. The lowest BCUT2D eigenvalue weighted by Crippen LogP contribution is -2.38. The molecule has 0 saturated heterocycles. The number of halogens is 2. The summed E-state index contributed by atoms with van der Waals surface area (Å²) in [6.07, 6.45) is 3.16. The molecular weight excluding hydrogens is 565 g/mol. The Kier molecular flexibility index (Phi) is 6.06. The molecule has 5 aromatic rings. The molecule has 3 heterocycles. The van der Waals surface area contributed by atoms with E-state index in [4.69, 9.17) is 21.0 Å². The Labute approximate surface area is 241 Å². The average Bonchev–Trinajstić information content (AvgIpc) is 3.56. The maximum Gasteiger partial charge on any atom is 0.281 e. The van der Waals surface area contributed by atoms with Crippen LogP contribution in [-0.4, -0.2) is 9.49 Å². The molecular formula is C31H19ClFN3O4S. The number of nitrogens with zero attached hydrogens (tertiary/aromatic N) is 3. The minimum atomic E-state index is -0.517. The second kappa shape index (κ2) is 9.79. The Balaban J connectivity index is 1.38. The van der Waals surface area contributed by atoms with Crippen LogP contribution in [0.2, 0.25) is 5.02 Å². The van der Waals surface area contributed by atoms with Crippen LogP contribution >= 0.6 is 22.9 Å². The van der Waals surface area contributed by atoms with Crippen LogP contribution in [0.25, 0.3) is 23.1 Å². The average molecular weight is 584 g/mol. The van der Waals surface area contributed by atoms with Gasteiger partial charge in [0, 0.05) is 22.7 Å². The number of nitro groups is 1. The first-order valence-corrected chi connectivity index (χ1v) is 14.0. The molecule has 1 aliphatic carbocycles. The number of benzene rings is 3. The third kappa shape index (κ3) is 4.34. The molecule has 1 aliphatic heterocycles. The third-order valence-electron chi connectivity index (χ3n) is 7.38. The van der Waals surface area contributed by atoms with E-state index in [1.165, 1.54) is 41.2 Å². The van der Waals surface area contributed by atoms with Crippen molar-refractivity contribution in [2.45, 2.75) is 18.9 Å². The van der Waals surface area contributed by atoms with Gasteiger partial charge in [0.1, 0.15) is 17.3 Å². The maximum atomic E-state index is 13.9.